The molecule has 0 N–H and O–H groups in total. The van der Waals surface area contributed by atoms with Gasteiger partial charge in [-0.25, -0.2) is 13.2 Å². The Hall–Kier alpha value is -1.86. The Morgan fingerprint density at radius 3 is 2.48 bits per heavy atom. The maximum Gasteiger partial charge on any atom is 0.344 e. The molecule has 0 unspecified atom stereocenters. The third-order valence-corrected chi connectivity index (χ3v) is 5.57. The normalized spacial score (nSPS) is 11.5. The average Bonchev–Trinajstić information content (AvgIpc) is 2.98. The molecule has 0 radical (unpaired) electrons. The van der Waals surface area contributed by atoms with Gasteiger partial charge in [0.2, 0.25) is 9.84 Å². The summed E-state index contributed by atoms with van der Waals surface area (Å²) in [6.07, 6.45) is 1.34. The van der Waals surface area contributed by atoms with Crippen LogP contribution in [0.3, 0.4) is 0 Å². The molecule has 8 heteroatoms. The number of sulfone groups is 1. The van der Waals surface area contributed by atoms with Crippen molar-refractivity contribution in [3.8, 4) is 0 Å². The van der Waals surface area contributed by atoms with Crippen molar-refractivity contribution < 1.29 is 13.2 Å². The molecule has 2 rings (SSSR count). The first-order valence-electron chi connectivity index (χ1n) is 7.17. The second-order valence-electron chi connectivity index (χ2n) is 4.99. The Morgan fingerprint density at radius 1 is 1.26 bits per heavy atom. The summed E-state index contributed by atoms with van der Waals surface area (Å²) in [4.78, 5) is 13.7. The molecule has 0 spiro atoms. The van der Waals surface area contributed by atoms with Crippen LogP contribution >= 0.6 is 11.6 Å². The number of halogens is 1. The third kappa shape index (κ3) is 3.40. The number of hydrogen-bond acceptors (Lipinski definition) is 4. The number of amides is 1. The van der Waals surface area contributed by atoms with Gasteiger partial charge in [0.25, 0.3) is 0 Å². The summed E-state index contributed by atoms with van der Waals surface area (Å²) in [7, 11) is -3.87. The van der Waals surface area contributed by atoms with Crippen molar-refractivity contribution in [1.29, 1.82) is 0 Å². The minimum absolute atomic E-state index is 0.0229. The van der Waals surface area contributed by atoms with Crippen LogP contribution in [0.2, 0.25) is 5.02 Å². The van der Waals surface area contributed by atoms with Crippen LogP contribution in [-0.4, -0.2) is 42.2 Å². The van der Waals surface area contributed by atoms with Gasteiger partial charge in [0.1, 0.15) is 0 Å². The zero-order chi connectivity index (χ0) is 17.2. The molecule has 124 valence electrons. The SMILES string of the molecule is CCN(CC)C(=O)n1ccc(S(=O)(=O)c2ccc(C)cc2Cl)n1. The van der Waals surface area contributed by atoms with Crippen LogP contribution in [0.4, 0.5) is 4.79 Å². The molecule has 0 atom stereocenters. The number of aromatic nitrogens is 2. The van der Waals surface area contributed by atoms with E-state index in [1.807, 2.05) is 20.8 Å². The van der Waals surface area contributed by atoms with E-state index in [2.05, 4.69) is 5.10 Å². The summed E-state index contributed by atoms with van der Waals surface area (Å²) in [6, 6.07) is 5.61. The second-order valence-corrected chi connectivity index (χ2v) is 7.26. The number of carbonyl (C=O) groups excluding carboxylic acids is 1. The van der Waals surface area contributed by atoms with Crippen molar-refractivity contribution >= 4 is 27.5 Å². The minimum Gasteiger partial charge on any atom is -0.323 e. The smallest absolute Gasteiger partial charge is 0.323 e. The molecule has 0 aliphatic carbocycles. The molecule has 0 bridgehead atoms. The van der Waals surface area contributed by atoms with Gasteiger partial charge < -0.3 is 4.90 Å². The number of nitrogens with zero attached hydrogens (tertiary/aromatic N) is 3. The van der Waals surface area contributed by atoms with Gasteiger partial charge in [-0.2, -0.15) is 9.78 Å². The predicted octanol–water partition coefficient (Wildman–Crippen LogP) is 2.99. The predicted molar refractivity (Wildman–Crippen MR) is 87.6 cm³/mol. The molecule has 0 saturated carbocycles. The standard InChI is InChI=1S/C15H18ClN3O3S/c1-4-18(5-2)15(20)19-9-8-14(17-19)23(21,22)13-7-6-11(3)10-12(13)16/h6-10H,4-5H2,1-3H3. The van der Waals surface area contributed by atoms with Crippen LogP contribution in [0.1, 0.15) is 19.4 Å². The van der Waals surface area contributed by atoms with Gasteiger partial charge in [-0.1, -0.05) is 17.7 Å². The summed E-state index contributed by atoms with van der Waals surface area (Å²) in [5.41, 5.74) is 0.858. The van der Waals surface area contributed by atoms with Gasteiger partial charge in [0.15, 0.2) is 5.03 Å². The Kier molecular flexibility index (Phi) is 5.11. The number of carbonyl (C=O) groups is 1. The number of hydrogen-bond donors (Lipinski definition) is 0. The van der Waals surface area contributed by atoms with E-state index in [9.17, 15) is 13.2 Å². The zero-order valence-corrected chi connectivity index (χ0v) is 14.7. The van der Waals surface area contributed by atoms with E-state index in [1.165, 1.54) is 18.3 Å². The lowest BCUT2D eigenvalue weighted by Gasteiger charge is -2.17. The van der Waals surface area contributed by atoms with Crippen molar-refractivity contribution in [2.24, 2.45) is 0 Å². The topological polar surface area (TPSA) is 72.3 Å². The average molecular weight is 356 g/mol. The van der Waals surface area contributed by atoms with Crippen LogP contribution in [0.25, 0.3) is 0 Å². The van der Waals surface area contributed by atoms with E-state index in [4.69, 9.17) is 11.6 Å². The molecule has 23 heavy (non-hydrogen) atoms. The van der Waals surface area contributed by atoms with E-state index in [0.717, 1.165) is 10.2 Å². The minimum atomic E-state index is -3.87. The zero-order valence-electron chi connectivity index (χ0n) is 13.2. The van der Waals surface area contributed by atoms with Gasteiger partial charge in [-0.3, -0.25) is 0 Å². The first-order valence-corrected chi connectivity index (χ1v) is 9.03. The monoisotopic (exact) mass is 355 g/mol. The first kappa shape index (κ1) is 17.5. The maximum atomic E-state index is 12.6. The highest BCUT2D eigenvalue weighted by atomic mass is 35.5. The van der Waals surface area contributed by atoms with E-state index in [0.29, 0.717) is 13.1 Å². The molecule has 1 heterocycles. The fraction of sp³-hybridized carbons (Fsp3) is 0.333. The molecule has 6 nitrogen and oxygen atoms in total. The van der Waals surface area contributed by atoms with Crippen molar-refractivity contribution in [1.82, 2.24) is 14.7 Å². The maximum absolute atomic E-state index is 12.6. The highest BCUT2D eigenvalue weighted by Gasteiger charge is 2.25. The van der Waals surface area contributed by atoms with Gasteiger partial charge in [-0.05, 0) is 44.5 Å². The lowest BCUT2D eigenvalue weighted by molar-refractivity contribution is 0.201. The molecule has 0 fully saturated rings. The second kappa shape index (κ2) is 6.72. The molecule has 1 aromatic carbocycles. The van der Waals surface area contributed by atoms with Crippen molar-refractivity contribution in [2.45, 2.75) is 30.7 Å². The molecule has 2 aromatic rings. The highest BCUT2D eigenvalue weighted by molar-refractivity contribution is 7.91. The summed E-state index contributed by atoms with van der Waals surface area (Å²) in [5, 5.41) is 3.85. The quantitative estimate of drug-likeness (QED) is 0.845. The summed E-state index contributed by atoms with van der Waals surface area (Å²) >= 11 is 6.04. The lowest BCUT2D eigenvalue weighted by Crippen LogP contribution is -2.34. The van der Waals surface area contributed by atoms with Crippen LogP contribution < -0.4 is 0 Å². The molecular weight excluding hydrogens is 338 g/mol. The van der Waals surface area contributed by atoms with Crippen molar-refractivity contribution in [3.05, 3.63) is 41.0 Å². The lowest BCUT2D eigenvalue weighted by atomic mass is 10.2. The number of rotatable bonds is 4. The molecular formula is C15H18ClN3O3S. The van der Waals surface area contributed by atoms with Crippen LogP contribution in [0.15, 0.2) is 40.4 Å². The van der Waals surface area contributed by atoms with E-state index in [-0.39, 0.29) is 21.0 Å². The molecule has 1 aromatic heterocycles. The van der Waals surface area contributed by atoms with Crippen molar-refractivity contribution in [3.63, 3.8) is 0 Å². The third-order valence-electron chi connectivity index (χ3n) is 3.45. The van der Waals surface area contributed by atoms with E-state index >= 15 is 0 Å². The fourth-order valence-electron chi connectivity index (χ4n) is 2.13. The summed E-state index contributed by atoms with van der Waals surface area (Å²) in [6.45, 7) is 6.53. The molecule has 0 aliphatic rings. The summed E-state index contributed by atoms with van der Waals surface area (Å²) < 4.78 is 26.3. The number of aryl methyl sites for hydroxylation is 1. The summed E-state index contributed by atoms with van der Waals surface area (Å²) in [5.74, 6) is 0. The van der Waals surface area contributed by atoms with Crippen LogP contribution in [0, 0.1) is 6.92 Å². The van der Waals surface area contributed by atoms with Gasteiger partial charge in [0, 0.05) is 19.3 Å². The Labute approximate surface area is 140 Å². The van der Waals surface area contributed by atoms with E-state index < -0.39 is 9.84 Å². The van der Waals surface area contributed by atoms with Gasteiger partial charge in [-0.15, -0.1) is 0 Å². The Bertz CT molecular complexity index is 826. The van der Waals surface area contributed by atoms with Crippen LogP contribution in [0.5, 0.6) is 0 Å². The Balaban J connectivity index is 2.41. The van der Waals surface area contributed by atoms with E-state index in [1.54, 1.807) is 17.0 Å². The fourth-order valence-corrected chi connectivity index (χ4v) is 3.90. The number of benzene rings is 1. The van der Waals surface area contributed by atoms with Gasteiger partial charge >= 0.3 is 6.03 Å². The molecule has 0 saturated heterocycles. The first-order chi connectivity index (χ1) is 10.8. The van der Waals surface area contributed by atoms with Gasteiger partial charge in [0.05, 0.1) is 9.92 Å². The molecule has 1 amide bonds. The highest BCUT2D eigenvalue weighted by Crippen LogP contribution is 2.27. The van der Waals surface area contributed by atoms with Crippen LogP contribution in [-0.2, 0) is 9.84 Å². The molecule has 0 aliphatic heterocycles. The largest absolute Gasteiger partial charge is 0.344 e. The van der Waals surface area contributed by atoms with Crippen molar-refractivity contribution in [2.75, 3.05) is 13.1 Å². The Morgan fingerprint density at radius 2 is 1.91 bits per heavy atom.